The number of rotatable bonds is 3. The predicted octanol–water partition coefficient (Wildman–Crippen LogP) is 0.397. The van der Waals surface area contributed by atoms with Gasteiger partial charge in [0.15, 0.2) is 0 Å². The summed E-state index contributed by atoms with van der Waals surface area (Å²) in [5.74, 6) is -0.0915. The number of aromatic nitrogens is 3. The standard InChI is InChI=1S/C9H14N4O/c1-7(2)4-9(14)10-5-8-6-11-12-13(8)3/h4,6H,5H2,1-3H3,(H,10,14). The van der Waals surface area contributed by atoms with Crippen molar-refractivity contribution in [3.8, 4) is 0 Å². The van der Waals surface area contributed by atoms with Crippen molar-refractivity contribution in [2.24, 2.45) is 7.05 Å². The lowest BCUT2D eigenvalue weighted by molar-refractivity contribution is -0.116. The SMILES string of the molecule is CC(C)=CC(=O)NCc1cnnn1C. The third-order valence-corrected chi connectivity index (χ3v) is 1.67. The number of carbonyl (C=O) groups excluding carboxylic acids is 1. The molecule has 76 valence electrons. The van der Waals surface area contributed by atoms with Gasteiger partial charge in [0, 0.05) is 13.1 Å². The van der Waals surface area contributed by atoms with Crippen molar-refractivity contribution in [1.29, 1.82) is 0 Å². The number of nitrogens with zero attached hydrogens (tertiary/aromatic N) is 3. The molecule has 0 atom stereocenters. The van der Waals surface area contributed by atoms with Gasteiger partial charge in [-0.1, -0.05) is 10.8 Å². The number of carbonyl (C=O) groups is 1. The van der Waals surface area contributed by atoms with Crippen molar-refractivity contribution in [2.75, 3.05) is 0 Å². The number of aryl methyl sites for hydroxylation is 1. The molecule has 0 unspecified atom stereocenters. The van der Waals surface area contributed by atoms with Crippen molar-refractivity contribution in [3.05, 3.63) is 23.5 Å². The molecular weight excluding hydrogens is 180 g/mol. The van der Waals surface area contributed by atoms with Crippen LogP contribution in [0.2, 0.25) is 0 Å². The molecule has 1 heterocycles. The Morgan fingerprint density at radius 2 is 2.36 bits per heavy atom. The van der Waals surface area contributed by atoms with Crippen LogP contribution >= 0.6 is 0 Å². The smallest absolute Gasteiger partial charge is 0.244 e. The zero-order chi connectivity index (χ0) is 10.6. The fourth-order valence-corrected chi connectivity index (χ4v) is 0.962. The third-order valence-electron chi connectivity index (χ3n) is 1.67. The van der Waals surface area contributed by atoms with Crippen molar-refractivity contribution < 1.29 is 4.79 Å². The van der Waals surface area contributed by atoms with E-state index in [1.165, 1.54) is 0 Å². The van der Waals surface area contributed by atoms with Gasteiger partial charge in [0.2, 0.25) is 5.91 Å². The minimum atomic E-state index is -0.0915. The molecule has 0 radical (unpaired) electrons. The van der Waals surface area contributed by atoms with Crippen LogP contribution in [0.4, 0.5) is 0 Å². The molecule has 5 heteroatoms. The highest BCUT2D eigenvalue weighted by Crippen LogP contribution is 1.93. The van der Waals surface area contributed by atoms with Gasteiger partial charge < -0.3 is 5.32 Å². The maximum atomic E-state index is 11.2. The van der Waals surface area contributed by atoms with Crippen LogP contribution in [0, 0.1) is 0 Å². The van der Waals surface area contributed by atoms with Gasteiger partial charge in [-0.3, -0.25) is 9.48 Å². The first-order chi connectivity index (χ1) is 6.59. The molecule has 0 fully saturated rings. The van der Waals surface area contributed by atoms with Gasteiger partial charge in [0.1, 0.15) is 0 Å². The van der Waals surface area contributed by atoms with E-state index in [0.717, 1.165) is 11.3 Å². The zero-order valence-electron chi connectivity index (χ0n) is 8.61. The lowest BCUT2D eigenvalue weighted by Gasteiger charge is -2.01. The molecule has 5 nitrogen and oxygen atoms in total. The molecule has 0 bridgehead atoms. The van der Waals surface area contributed by atoms with E-state index in [9.17, 15) is 4.79 Å². The van der Waals surface area contributed by atoms with E-state index >= 15 is 0 Å². The van der Waals surface area contributed by atoms with Gasteiger partial charge in [-0.05, 0) is 13.8 Å². The van der Waals surface area contributed by atoms with Gasteiger partial charge in [0.25, 0.3) is 0 Å². The van der Waals surface area contributed by atoms with Crippen LogP contribution in [0.5, 0.6) is 0 Å². The van der Waals surface area contributed by atoms with Crippen LogP contribution in [-0.4, -0.2) is 20.9 Å². The van der Waals surface area contributed by atoms with Gasteiger partial charge >= 0.3 is 0 Å². The van der Waals surface area contributed by atoms with E-state index in [4.69, 9.17) is 0 Å². The first-order valence-electron chi connectivity index (χ1n) is 4.36. The molecule has 1 rings (SSSR count). The second-order valence-corrected chi connectivity index (χ2v) is 3.29. The molecule has 0 aliphatic carbocycles. The summed E-state index contributed by atoms with van der Waals surface area (Å²) < 4.78 is 1.63. The fraction of sp³-hybridized carbons (Fsp3) is 0.444. The maximum absolute atomic E-state index is 11.2. The van der Waals surface area contributed by atoms with Gasteiger partial charge in [0.05, 0.1) is 18.4 Å². The Hall–Kier alpha value is -1.65. The molecule has 14 heavy (non-hydrogen) atoms. The van der Waals surface area contributed by atoms with E-state index in [0.29, 0.717) is 6.54 Å². The summed E-state index contributed by atoms with van der Waals surface area (Å²) in [4.78, 5) is 11.2. The molecule has 0 aliphatic heterocycles. The Kier molecular flexibility index (Phi) is 3.39. The summed E-state index contributed by atoms with van der Waals surface area (Å²) in [7, 11) is 1.79. The number of hydrogen-bond donors (Lipinski definition) is 1. The van der Waals surface area contributed by atoms with E-state index in [1.807, 2.05) is 13.8 Å². The van der Waals surface area contributed by atoms with E-state index < -0.39 is 0 Å². The van der Waals surface area contributed by atoms with Crippen molar-refractivity contribution >= 4 is 5.91 Å². The molecule has 1 amide bonds. The van der Waals surface area contributed by atoms with Crippen molar-refractivity contribution in [3.63, 3.8) is 0 Å². The topological polar surface area (TPSA) is 59.8 Å². The lowest BCUT2D eigenvalue weighted by atomic mass is 10.3. The summed E-state index contributed by atoms with van der Waals surface area (Å²) in [6.07, 6.45) is 3.19. The van der Waals surface area contributed by atoms with Crippen LogP contribution in [0.15, 0.2) is 17.8 Å². The van der Waals surface area contributed by atoms with E-state index in [1.54, 1.807) is 24.0 Å². The Labute approximate surface area is 82.8 Å². The monoisotopic (exact) mass is 194 g/mol. The Bertz CT molecular complexity index is 349. The summed E-state index contributed by atoms with van der Waals surface area (Å²) in [5.41, 5.74) is 1.85. The van der Waals surface area contributed by atoms with Gasteiger partial charge in [-0.2, -0.15) is 0 Å². The molecule has 0 aromatic carbocycles. The average molecular weight is 194 g/mol. The average Bonchev–Trinajstić information content (AvgIpc) is 2.46. The minimum Gasteiger partial charge on any atom is -0.347 e. The van der Waals surface area contributed by atoms with Crippen LogP contribution in [0.25, 0.3) is 0 Å². The summed E-state index contributed by atoms with van der Waals surface area (Å²) in [5, 5.41) is 10.2. The number of nitrogens with one attached hydrogen (secondary N) is 1. The first-order valence-corrected chi connectivity index (χ1v) is 4.36. The Morgan fingerprint density at radius 1 is 1.64 bits per heavy atom. The molecule has 0 saturated heterocycles. The largest absolute Gasteiger partial charge is 0.347 e. The zero-order valence-corrected chi connectivity index (χ0v) is 8.61. The summed E-state index contributed by atoms with van der Waals surface area (Å²) in [6.45, 7) is 4.21. The van der Waals surface area contributed by atoms with Crippen LogP contribution in [-0.2, 0) is 18.4 Å². The van der Waals surface area contributed by atoms with Crippen molar-refractivity contribution in [1.82, 2.24) is 20.3 Å². The fourth-order valence-electron chi connectivity index (χ4n) is 0.962. The number of amides is 1. The molecule has 1 aromatic heterocycles. The quantitative estimate of drug-likeness (QED) is 0.708. The van der Waals surface area contributed by atoms with Crippen molar-refractivity contribution in [2.45, 2.75) is 20.4 Å². The van der Waals surface area contributed by atoms with Gasteiger partial charge in [-0.25, -0.2) is 0 Å². The molecule has 0 saturated carbocycles. The van der Waals surface area contributed by atoms with E-state index in [2.05, 4.69) is 15.6 Å². The normalized spacial score (nSPS) is 9.64. The van der Waals surface area contributed by atoms with Crippen LogP contribution < -0.4 is 5.32 Å². The minimum absolute atomic E-state index is 0.0915. The second-order valence-electron chi connectivity index (χ2n) is 3.29. The number of hydrogen-bond acceptors (Lipinski definition) is 3. The Balaban J connectivity index is 2.46. The maximum Gasteiger partial charge on any atom is 0.244 e. The van der Waals surface area contributed by atoms with Crippen LogP contribution in [0.3, 0.4) is 0 Å². The molecule has 0 spiro atoms. The summed E-state index contributed by atoms with van der Waals surface area (Å²) in [6, 6.07) is 0. The molecular formula is C9H14N4O. The third kappa shape index (κ3) is 3.01. The Morgan fingerprint density at radius 3 is 2.86 bits per heavy atom. The highest BCUT2D eigenvalue weighted by Gasteiger charge is 2.01. The highest BCUT2D eigenvalue weighted by atomic mass is 16.1. The lowest BCUT2D eigenvalue weighted by Crippen LogP contribution is -2.22. The first kappa shape index (κ1) is 10.4. The molecule has 1 N–H and O–H groups in total. The molecule has 0 aliphatic rings. The molecule has 1 aromatic rings. The highest BCUT2D eigenvalue weighted by molar-refractivity contribution is 5.87. The predicted molar refractivity (Wildman–Crippen MR) is 52.3 cm³/mol. The van der Waals surface area contributed by atoms with Gasteiger partial charge in [-0.15, -0.1) is 5.10 Å². The second kappa shape index (κ2) is 4.55. The summed E-state index contributed by atoms with van der Waals surface area (Å²) >= 11 is 0. The van der Waals surface area contributed by atoms with Crippen LogP contribution in [0.1, 0.15) is 19.5 Å². The number of allylic oxidation sites excluding steroid dienone is 1. The van der Waals surface area contributed by atoms with E-state index in [-0.39, 0.29) is 5.91 Å².